The molecule has 0 saturated heterocycles. The topological polar surface area (TPSA) is 20.2 Å². The number of rotatable bonds is 1. The second kappa shape index (κ2) is 3.35. The summed E-state index contributed by atoms with van der Waals surface area (Å²) in [6.07, 6.45) is 0. The summed E-state index contributed by atoms with van der Waals surface area (Å²) in [6, 6.07) is 0. The highest BCUT2D eigenvalue weighted by Crippen LogP contribution is 2.42. The first-order valence-corrected chi connectivity index (χ1v) is 6.35. The van der Waals surface area contributed by atoms with Gasteiger partial charge in [-0.1, -0.05) is 0 Å². The highest BCUT2D eigenvalue weighted by atomic mass is 79.9. The number of thiophene rings is 2. The number of aliphatic hydroxyl groups excluding tert-OH is 1. The lowest BCUT2D eigenvalue weighted by Crippen LogP contribution is -1.80. The van der Waals surface area contributed by atoms with E-state index in [0.29, 0.717) is 0 Å². The van der Waals surface area contributed by atoms with Gasteiger partial charge in [-0.25, -0.2) is 0 Å². The average molecular weight is 277 g/mol. The zero-order valence-corrected chi connectivity index (χ0v) is 10.6. The molecule has 0 amide bonds. The van der Waals surface area contributed by atoms with Gasteiger partial charge in [-0.15, -0.1) is 22.7 Å². The van der Waals surface area contributed by atoms with Crippen LogP contribution in [0.25, 0.3) is 9.40 Å². The summed E-state index contributed by atoms with van der Waals surface area (Å²) < 4.78 is 2.52. The van der Waals surface area contributed by atoms with Crippen molar-refractivity contribution in [3.05, 3.63) is 19.8 Å². The van der Waals surface area contributed by atoms with Crippen molar-refractivity contribution in [3.63, 3.8) is 0 Å². The van der Waals surface area contributed by atoms with E-state index in [9.17, 15) is 0 Å². The van der Waals surface area contributed by atoms with Crippen molar-refractivity contribution >= 4 is 48.0 Å². The van der Waals surface area contributed by atoms with Gasteiger partial charge in [0.25, 0.3) is 0 Å². The van der Waals surface area contributed by atoms with Crippen molar-refractivity contribution in [1.82, 2.24) is 0 Å². The first-order chi connectivity index (χ1) is 6.15. The third-order valence-electron chi connectivity index (χ3n) is 2.21. The van der Waals surface area contributed by atoms with E-state index >= 15 is 0 Å². The Kier molecular flexibility index (Phi) is 2.49. The van der Waals surface area contributed by atoms with Crippen LogP contribution in [0.15, 0.2) is 3.79 Å². The molecule has 1 N–H and O–H groups in total. The Bertz CT molecular complexity index is 456. The van der Waals surface area contributed by atoms with Crippen molar-refractivity contribution in [1.29, 1.82) is 0 Å². The fourth-order valence-corrected chi connectivity index (χ4v) is 4.95. The number of fused-ring (bicyclic) bond motifs is 1. The van der Waals surface area contributed by atoms with Gasteiger partial charge in [-0.2, -0.15) is 0 Å². The lowest BCUT2D eigenvalue weighted by Gasteiger charge is -1.93. The quantitative estimate of drug-likeness (QED) is 0.839. The van der Waals surface area contributed by atoms with Crippen LogP contribution in [0, 0.1) is 13.8 Å². The highest BCUT2D eigenvalue weighted by Gasteiger charge is 2.14. The van der Waals surface area contributed by atoms with E-state index in [4.69, 9.17) is 5.11 Å². The van der Waals surface area contributed by atoms with Crippen LogP contribution >= 0.6 is 38.6 Å². The Hall–Kier alpha value is 0.1000. The standard InChI is InChI=1S/C9H9BrOS2/c1-4-6(3-11)12-9-7(4)5(2)8(10)13-9/h11H,3H2,1-2H3. The molecule has 1 nitrogen and oxygen atoms in total. The molecule has 0 aliphatic rings. The summed E-state index contributed by atoms with van der Waals surface area (Å²) in [7, 11) is 0. The maximum atomic E-state index is 9.10. The monoisotopic (exact) mass is 276 g/mol. The normalized spacial score (nSPS) is 11.4. The molecule has 2 heterocycles. The van der Waals surface area contributed by atoms with Gasteiger partial charge in [0.1, 0.15) is 0 Å². The molecule has 2 aromatic rings. The van der Waals surface area contributed by atoms with Gasteiger partial charge in [-0.3, -0.25) is 0 Å². The Labute approximate surface area is 93.2 Å². The summed E-state index contributed by atoms with van der Waals surface area (Å²) in [5.74, 6) is 0. The second-order valence-electron chi connectivity index (χ2n) is 2.97. The molecule has 0 spiro atoms. The van der Waals surface area contributed by atoms with E-state index in [-0.39, 0.29) is 6.61 Å². The summed E-state index contributed by atoms with van der Waals surface area (Å²) in [5.41, 5.74) is 2.54. The van der Waals surface area contributed by atoms with Crippen molar-refractivity contribution < 1.29 is 5.11 Å². The molecule has 0 aromatic carbocycles. The predicted molar refractivity (Wildman–Crippen MR) is 62.8 cm³/mol. The summed E-state index contributed by atoms with van der Waals surface area (Å²) in [5, 5.41) is 10.4. The van der Waals surface area contributed by atoms with Crippen LogP contribution in [0.4, 0.5) is 0 Å². The molecule has 13 heavy (non-hydrogen) atoms. The van der Waals surface area contributed by atoms with Gasteiger partial charge in [0.2, 0.25) is 0 Å². The molecule has 0 aliphatic carbocycles. The molecule has 0 atom stereocenters. The Balaban J connectivity index is 2.82. The molecule has 0 unspecified atom stereocenters. The SMILES string of the molecule is Cc1c(Br)sc2sc(CO)c(C)c12. The Morgan fingerprint density at radius 3 is 2.46 bits per heavy atom. The molecule has 0 fully saturated rings. The van der Waals surface area contributed by atoms with E-state index in [2.05, 4.69) is 29.8 Å². The molecule has 0 bridgehead atoms. The van der Waals surface area contributed by atoms with Gasteiger partial charge in [0.15, 0.2) is 0 Å². The van der Waals surface area contributed by atoms with Gasteiger partial charge in [0, 0.05) is 10.3 Å². The van der Waals surface area contributed by atoms with Gasteiger partial charge in [0.05, 0.1) is 14.4 Å². The molecule has 2 rings (SSSR count). The first-order valence-electron chi connectivity index (χ1n) is 3.93. The van der Waals surface area contributed by atoms with Crippen LogP contribution < -0.4 is 0 Å². The van der Waals surface area contributed by atoms with Gasteiger partial charge >= 0.3 is 0 Å². The van der Waals surface area contributed by atoms with Gasteiger partial charge in [-0.05, 0) is 40.9 Å². The van der Waals surface area contributed by atoms with Crippen LogP contribution in [0.5, 0.6) is 0 Å². The molecule has 4 heteroatoms. The third-order valence-corrected chi connectivity index (χ3v) is 5.74. The third kappa shape index (κ3) is 1.36. The van der Waals surface area contributed by atoms with E-state index in [1.165, 1.54) is 24.3 Å². The number of hydrogen-bond donors (Lipinski definition) is 1. The van der Waals surface area contributed by atoms with E-state index in [0.717, 1.165) is 4.88 Å². The zero-order valence-electron chi connectivity index (χ0n) is 7.35. The zero-order chi connectivity index (χ0) is 9.59. The maximum absolute atomic E-state index is 9.10. The minimum absolute atomic E-state index is 0.162. The second-order valence-corrected chi connectivity index (χ2v) is 6.67. The average Bonchev–Trinajstić information content (AvgIpc) is 2.54. The molecule has 0 saturated carbocycles. The number of aryl methyl sites for hydroxylation is 2. The lowest BCUT2D eigenvalue weighted by molar-refractivity contribution is 0.285. The van der Waals surface area contributed by atoms with Crippen LogP contribution in [-0.4, -0.2) is 5.11 Å². The molecule has 0 radical (unpaired) electrons. The van der Waals surface area contributed by atoms with Crippen molar-refractivity contribution in [3.8, 4) is 0 Å². The van der Waals surface area contributed by atoms with E-state index < -0.39 is 0 Å². The highest BCUT2D eigenvalue weighted by molar-refractivity contribution is 9.11. The van der Waals surface area contributed by atoms with Crippen LogP contribution in [0.3, 0.4) is 0 Å². The predicted octanol–water partition coefficient (Wildman–Crippen LogP) is 3.83. The number of hydrogen-bond acceptors (Lipinski definition) is 3. The fraction of sp³-hybridized carbons (Fsp3) is 0.333. The summed E-state index contributed by atoms with van der Waals surface area (Å²) in [6.45, 7) is 4.36. The lowest BCUT2D eigenvalue weighted by atomic mass is 10.1. The minimum atomic E-state index is 0.162. The van der Waals surface area contributed by atoms with E-state index in [1.54, 1.807) is 22.7 Å². The Morgan fingerprint density at radius 1 is 1.23 bits per heavy atom. The number of halogens is 1. The molecular weight excluding hydrogens is 268 g/mol. The van der Waals surface area contributed by atoms with Crippen LogP contribution in [0.1, 0.15) is 16.0 Å². The van der Waals surface area contributed by atoms with Crippen molar-refractivity contribution in [2.45, 2.75) is 20.5 Å². The minimum Gasteiger partial charge on any atom is -0.391 e. The maximum Gasteiger partial charge on any atom is 0.0886 e. The van der Waals surface area contributed by atoms with Gasteiger partial charge < -0.3 is 5.11 Å². The summed E-state index contributed by atoms with van der Waals surface area (Å²) >= 11 is 6.98. The van der Waals surface area contributed by atoms with Crippen molar-refractivity contribution in [2.75, 3.05) is 0 Å². The fourth-order valence-electron chi connectivity index (χ4n) is 1.45. The first kappa shape index (κ1) is 9.65. The molecule has 0 aliphatic heterocycles. The van der Waals surface area contributed by atoms with Crippen LogP contribution in [-0.2, 0) is 6.61 Å². The molecule has 2 aromatic heterocycles. The van der Waals surface area contributed by atoms with Crippen molar-refractivity contribution in [2.24, 2.45) is 0 Å². The smallest absolute Gasteiger partial charge is 0.0886 e. The van der Waals surface area contributed by atoms with E-state index in [1.807, 2.05) is 0 Å². The molecular formula is C9H9BrOS2. The molecule has 70 valence electrons. The summed E-state index contributed by atoms with van der Waals surface area (Å²) in [4.78, 5) is 1.09. The Morgan fingerprint density at radius 2 is 1.92 bits per heavy atom. The number of aliphatic hydroxyl groups is 1. The van der Waals surface area contributed by atoms with Crippen LogP contribution in [0.2, 0.25) is 0 Å². The largest absolute Gasteiger partial charge is 0.391 e.